The minimum absolute atomic E-state index is 0.508. The van der Waals surface area contributed by atoms with Gasteiger partial charge in [-0.2, -0.15) is 0 Å². The van der Waals surface area contributed by atoms with Crippen molar-refractivity contribution in [1.29, 1.82) is 0 Å². The lowest BCUT2D eigenvalue weighted by atomic mass is 9.94. The van der Waals surface area contributed by atoms with Gasteiger partial charge in [-0.3, -0.25) is 0 Å². The van der Waals surface area contributed by atoms with Crippen LogP contribution in [0.3, 0.4) is 0 Å². The largest absolute Gasteiger partial charge is 0.374 e. The third-order valence-electron chi connectivity index (χ3n) is 4.97. The number of nitrogens with zero attached hydrogens (tertiary/aromatic N) is 1. The Bertz CT molecular complexity index is 505. The van der Waals surface area contributed by atoms with E-state index in [1.807, 2.05) is 0 Å². The Morgan fingerprint density at radius 2 is 1.90 bits per heavy atom. The minimum Gasteiger partial charge on any atom is -0.374 e. The summed E-state index contributed by atoms with van der Waals surface area (Å²) >= 11 is 0. The predicted molar refractivity (Wildman–Crippen MR) is 88.8 cm³/mol. The van der Waals surface area contributed by atoms with Gasteiger partial charge in [-0.25, -0.2) is 0 Å². The van der Waals surface area contributed by atoms with Crippen molar-refractivity contribution in [2.24, 2.45) is 5.92 Å². The van der Waals surface area contributed by atoms with Crippen LogP contribution >= 0.6 is 0 Å². The molecular formula is C17H26N2Si. The lowest BCUT2D eigenvalue weighted by Crippen LogP contribution is -2.44. The average Bonchev–Trinajstić information content (AvgIpc) is 2.88. The number of hydrogen-bond acceptors (Lipinski definition) is 2. The summed E-state index contributed by atoms with van der Waals surface area (Å²) in [5, 5.41) is 1.59. The van der Waals surface area contributed by atoms with Crippen LogP contribution in [0.15, 0.2) is 46.8 Å². The van der Waals surface area contributed by atoms with Gasteiger partial charge in [0.1, 0.15) is 0 Å². The Hall–Kier alpha value is -1.06. The number of rotatable bonds is 3. The van der Waals surface area contributed by atoms with Gasteiger partial charge in [0.2, 0.25) is 0 Å². The Labute approximate surface area is 124 Å². The second-order valence-electron chi connectivity index (χ2n) is 6.58. The van der Waals surface area contributed by atoms with Crippen LogP contribution in [0.4, 0.5) is 0 Å². The normalized spacial score (nSPS) is 26.1. The second kappa shape index (κ2) is 5.38. The van der Waals surface area contributed by atoms with Gasteiger partial charge in [-0.05, 0) is 43.2 Å². The molecule has 1 atom stereocenters. The van der Waals surface area contributed by atoms with Gasteiger partial charge in [0.05, 0.1) is 0 Å². The van der Waals surface area contributed by atoms with Crippen molar-refractivity contribution in [2.75, 3.05) is 20.1 Å². The summed E-state index contributed by atoms with van der Waals surface area (Å²) in [5.41, 5.74) is 3.09. The third-order valence-corrected chi connectivity index (χ3v) is 8.00. The van der Waals surface area contributed by atoms with E-state index in [2.05, 4.69) is 60.4 Å². The summed E-state index contributed by atoms with van der Waals surface area (Å²) < 4.78 is 0. The minimum atomic E-state index is -1.52. The van der Waals surface area contributed by atoms with E-state index >= 15 is 0 Å². The molecule has 3 aliphatic rings. The Kier molecular flexibility index (Phi) is 3.74. The highest BCUT2D eigenvalue weighted by molar-refractivity contribution is 6.82. The molecule has 1 unspecified atom stereocenters. The zero-order valence-corrected chi connectivity index (χ0v) is 13.9. The first-order chi connectivity index (χ1) is 9.63. The standard InChI is InChI=1S/C17H26N2Si/c1-18-20(2,3)17-13-16(19-11-7-4-8-12-19)14-9-5-6-10-15(14)17/h5-6,9-10,13-14,18H,4,7-8,11-12H2,1-3H3. The maximum absolute atomic E-state index is 3.60. The van der Waals surface area contributed by atoms with E-state index in [-0.39, 0.29) is 0 Å². The van der Waals surface area contributed by atoms with Gasteiger partial charge >= 0.3 is 0 Å². The summed E-state index contributed by atoms with van der Waals surface area (Å²) in [6.45, 7) is 7.30. The summed E-state index contributed by atoms with van der Waals surface area (Å²) in [5.74, 6) is 0.508. The first-order valence-corrected chi connectivity index (χ1v) is 10.9. The first-order valence-electron chi connectivity index (χ1n) is 7.88. The lowest BCUT2D eigenvalue weighted by Gasteiger charge is -2.33. The fraction of sp³-hybridized carbons (Fsp3) is 0.529. The van der Waals surface area contributed by atoms with Crippen LogP contribution < -0.4 is 4.98 Å². The van der Waals surface area contributed by atoms with Crippen molar-refractivity contribution >= 4 is 8.24 Å². The van der Waals surface area contributed by atoms with Crippen molar-refractivity contribution in [3.63, 3.8) is 0 Å². The van der Waals surface area contributed by atoms with Crippen molar-refractivity contribution in [3.8, 4) is 0 Å². The van der Waals surface area contributed by atoms with E-state index in [1.165, 1.54) is 32.4 Å². The fourth-order valence-corrected chi connectivity index (χ4v) is 5.23. The zero-order chi connectivity index (χ0) is 14.2. The number of hydrogen-bond donors (Lipinski definition) is 1. The SMILES string of the molecule is CN[Si](C)(C)C1=C2C=CC=CC2C(N2CCCCC2)=C1. The van der Waals surface area contributed by atoms with E-state index < -0.39 is 8.24 Å². The predicted octanol–water partition coefficient (Wildman–Crippen LogP) is 3.37. The van der Waals surface area contributed by atoms with Crippen LogP contribution in [0.2, 0.25) is 13.1 Å². The van der Waals surface area contributed by atoms with Crippen molar-refractivity contribution < 1.29 is 0 Å². The molecule has 2 nitrogen and oxygen atoms in total. The zero-order valence-electron chi connectivity index (χ0n) is 12.9. The number of likely N-dealkylation sites (tertiary alicyclic amines) is 1. The van der Waals surface area contributed by atoms with Gasteiger partial charge in [-0.15, -0.1) is 0 Å². The van der Waals surface area contributed by atoms with Gasteiger partial charge in [0.25, 0.3) is 0 Å². The maximum atomic E-state index is 3.60. The topological polar surface area (TPSA) is 15.3 Å². The molecule has 0 aromatic rings. The molecule has 0 amide bonds. The molecule has 0 radical (unpaired) electrons. The first kappa shape index (κ1) is 13.9. The molecule has 0 aromatic carbocycles. The highest BCUT2D eigenvalue weighted by Gasteiger charge is 2.36. The second-order valence-corrected chi connectivity index (χ2v) is 10.9. The number of allylic oxidation sites excluding steroid dienone is 6. The Balaban J connectivity index is 1.96. The molecule has 1 N–H and O–H groups in total. The molecule has 20 heavy (non-hydrogen) atoms. The van der Waals surface area contributed by atoms with Gasteiger partial charge in [-0.1, -0.05) is 37.4 Å². The average molecular weight is 286 g/mol. The molecule has 0 spiro atoms. The molecule has 3 heteroatoms. The van der Waals surface area contributed by atoms with Crippen LogP contribution in [0.5, 0.6) is 0 Å². The summed E-state index contributed by atoms with van der Waals surface area (Å²) in [4.78, 5) is 6.23. The molecule has 1 saturated heterocycles. The van der Waals surface area contributed by atoms with E-state index in [9.17, 15) is 0 Å². The highest BCUT2D eigenvalue weighted by atomic mass is 28.3. The van der Waals surface area contributed by atoms with Gasteiger partial charge < -0.3 is 9.88 Å². The van der Waals surface area contributed by atoms with Crippen LogP contribution in [-0.2, 0) is 0 Å². The fourth-order valence-electron chi connectivity index (χ4n) is 3.49. The third kappa shape index (κ3) is 2.33. The Morgan fingerprint density at radius 3 is 2.60 bits per heavy atom. The monoisotopic (exact) mass is 286 g/mol. The Morgan fingerprint density at radius 1 is 1.15 bits per heavy atom. The molecular weight excluding hydrogens is 260 g/mol. The van der Waals surface area contributed by atoms with Crippen molar-refractivity contribution in [2.45, 2.75) is 32.4 Å². The quantitative estimate of drug-likeness (QED) is 0.800. The highest BCUT2D eigenvalue weighted by Crippen LogP contribution is 2.41. The number of nitrogens with one attached hydrogen (secondary N) is 1. The maximum Gasteiger partial charge on any atom is 0.151 e. The summed E-state index contributed by atoms with van der Waals surface area (Å²) in [6.07, 6.45) is 15.7. The molecule has 1 fully saturated rings. The van der Waals surface area contributed by atoms with E-state index in [0.29, 0.717) is 5.92 Å². The summed E-state index contributed by atoms with van der Waals surface area (Å²) in [7, 11) is 0.599. The molecule has 3 rings (SSSR count). The number of fused-ring (bicyclic) bond motifs is 1. The molecule has 1 heterocycles. The van der Waals surface area contributed by atoms with Crippen LogP contribution in [0.25, 0.3) is 0 Å². The van der Waals surface area contributed by atoms with Crippen molar-refractivity contribution in [1.82, 2.24) is 9.88 Å². The molecule has 0 saturated carbocycles. The van der Waals surface area contributed by atoms with E-state index in [4.69, 9.17) is 0 Å². The lowest BCUT2D eigenvalue weighted by molar-refractivity contribution is 0.272. The smallest absolute Gasteiger partial charge is 0.151 e. The van der Waals surface area contributed by atoms with Crippen molar-refractivity contribution in [3.05, 3.63) is 46.8 Å². The summed E-state index contributed by atoms with van der Waals surface area (Å²) in [6, 6.07) is 0. The number of piperidine rings is 1. The van der Waals surface area contributed by atoms with Crippen LogP contribution in [0.1, 0.15) is 19.3 Å². The van der Waals surface area contributed by atoms with Gasteiger partial charge in [0, 0.05) is 24.7 Å². The van der Waals surface area contributed by atoms with E-state index in [1.54, 1.807) is 16.5 Å². The molecule has 0 bridgehead atoms. The van der Waals surface area contributed by atoms with E-state index in [0.717, 1.165) is 0 Å². The van der Waals surface area contributed by atoms with Crippen LogP contribution in [0, 0.1) is 5.92 Å². The molecule has 2 aliphatic carbocycles. The van der Waals surface area contributed by atoms with Gasteiger partial charge in [0.15, 0.2) is 8.24 Å². The molecule has 108 valence electrons. The molecule has 0 aromatic heterocycles. The van der Waals surface area contributed by atoms with Crippen LogP contribution in [-0.4, -0.2) is 33.3 Å². The molecule has 1 aliphatic heterocycles.